The summed E-state index contributed by atoms with van der Waals surface area (Å²) in [4.78, 5) is 6.35. The Hall–Kier alpha value is -1.26. The molecule has 0 fully saturated rings. The maximum absolute atomic E-state index is 6.08. The van der Waals surface area contributed by atoms with Crippen LogP contribution in [0.25, 0.3) is 5.65 Å². The zero-order valence-corrected chi connectivity index (χ0v) is 10.2. The summed E-state index contributed by atoms with van der Waals surface area (Å²) in [5.74, 6) is 0. The van der Waals surface area contributed by atoms with Crippen LogP contribution in [0.3, 0.4) is 0 Å². The maximum Gasteiger partial charge on any atom is 0.151 e. The van der Waals surface area contributed by atoms with E-state index in [9.17, 15) is 0 Å². The number of rotatable bonds is 3. The van der Waals surface area contributed by atoms with E-state index < -0.39 is 0 Å². The summed E-state index contributed by atoms with van der Waals surface area (Å²) < 4.78 is 1.99. The van der Waals surface area contributed by atoms with Gasteiger partial charge in [0, 0.05) is 38.5 Å². The Kier molecular flexibility index (Phi) is 3.03. The van der Waals surface area contributed by atoms with Crippen LogP contribution < -0.4 is 10.6 Å². The first-order valence-electron chi connectivity index (χ1n) is 5.17. The molecule has 0 aliphatic rings. The average molecular weight is 239 g/mol. The van der Waals surface area contributed by atoms with Crippen LogP contribution in [0.5, 0.6) is 0 Å². The molecule has 86 valence electrons. The monoisotopic (exact) mass is 238 g/mol. The first-order chi connectivity index (χ1) is 7.63. The molecule has 0 saturated carbocycles. The van der Waals surface area contributed by atoms with Gasteiger partial charge in [-0.1, -0.05) is 11.6 Å². The highest BCUT2D eigenvalue weighted by Crippen LogP contribution is 2.21. The topological polar surface area (TPSA) is 46.6 Å². The first kappa shape index (κ1) is 11.2. The van der Waals surface area contributed by atoms with Gasteiger partial charge in [0.1, 0.15) is 5.65 Å². The number of imidazole rings is 1. The van der Waals surface area contributed by atoms with Gasteiger partial charge in [-0.05, 0) is 12.6 Å². The van der Waals surface area contributed by atoms with Crippen LogP contribution in [0.15, 0.2) is 18.3 Å². The number of aromatic nitrogens is 2. The Labute approximate surface area is 99.6 Å². The van der Waals surface area contributed by atoms with Crippen LogP contribution in [0.4, 0.5) is 5.69 Å². The largest absolute Gasteiger partial charge is 0.378 e. The number of anilines is 1. The SMILES string of the molecule is CN(C)c1ccn2c(CCN)c(Cl)nc2c1. The van der Waals surface area contributed by atoms with Crippen molar-refractivity contribution in [1.29, 1.82) is 0 Å². The average Bonchev–Trinajstić information content (AvgIpc) is 2.55. The van der Waals surface area contributed by atoms with E-state index in [-0.39, 0.29) is 0 Å². The number of nitrogens with zero attached hydrogens (tertiary/aromatic N) is 3. The number of halogens is 1. The van der Waals surface area contributed by atoms with Gasteiger partial charge in [-0.25, -0.2) is 4.98 Å². The smallest absolute Gasteiger partial charge is 0.151 e. The molecular formula is C11H15ClN4. The summed E-state index contributed by atoms with van der Waals surface area (Å²) in [6, 6.07) is 4.04. The van der Waals surface area contributed by atoms with E-state index in [1.165, 1.54) is 0 Å². The van der Waals surface area contributed by atoms with E-state index in [0.717, 1.165) is 23.4 Å². The third kappa shape index (κ3) is 1.86. The Bertz CT molecular complexity index is 504. The minimum Gasteiger partial charge on any atom is -0.378 e. The second-order valence-electron chi connectivity index (χ2n) is 3.90. The lowest BCUT2D eigenvalue weighted by Gasteiger charge is -2.12. The lowest BCUT2D eigenvalue weighted by molar-refractivity contribution is 0.904. The van der Waals surface area contributed by atoms with Crippen LogP contribution >= 0.6 is 11.6 Å². The fourth-order valence-corrected chi connectivity index (χ4v) is 1.97. The fraction of sp³-hybridized carbons (Fsp3) is 0.364. The van der Waals surface area contributed by atoms with Crippen molar-refractivity contribution in [2.24, 2.45) is 5.73 Å². The quantitative estimate of drug-likeness (QED) is 0.883. The summed E-state index contributed by atoms with van der Waals surface area (Å²) in [5, 5.41) is 0.543. The molecular weight excluding hydrogens is 224 g/mol. The van der Waals surface area contributed by atoms with Gasteiger partial charge < -0.3 is 15.0 Å². The van der Waals surface area contributed by atoms with E-state index in [1.54, 1.807) is 0 Å². The Balaban J connectivity index is 2.56. The summed E-state index contributed by atoms with van der Waals surface area (Å²) in [5.41, 5.74) is 8.49. The zero-order chi connectivity index (χ0) is 11.7. The van der Waals surface area contributed by atoms with Crippen LogP contribution in [-0.2, 0) is 6.42 Å². The van der Waals surface area contributed by atoms with Crippen LogP contribution in [0, 0.1) is 0 Å². The van der Waals surface area contributed by atoms with E-state index in [0.29, 0.717) is 11.7 Å². The molecule has 0 aliphatic heterocycles. The van der Waals surface area contributed by atoms with Crippen molar-refractivity contribution in [2.75, 3.05) is 25.5 Å². The number of hydrogen-bond donors (Lipinski definition) is 1. The predicted molar refractivity (Wildman–Crippen MR) is 67.3 cm³/mol. The van der Waals surface area contributed by atoms with E-state index in [4.69, 9.17) is 17.3 Å². The fourth-order valence-electron chi connectivity index (χ4n) is 1.69. The minimum atomic E-state index is 0.543. The molecule has 0 aliphatic carbocycles. The summed E-state index contributed by atoms with van der Waals surface area (Å²) in [7, 11) is 3.99. The third-order valence-corrected chi connectivity index (χ3v) is 2.86. The Morgan fingerprint density at radius 3 is 2.88 bits per heavy atom. The molecule has 2 aromatic rings. The molecule has 0 atom stereocenters. The minimum absolute atomic E-state index is 0.543. The summed E-state index contributed by atoms with van der Waals surface area (Å²) in [6.45, 7) is 0.572. The van der Waals surface area contributed by atoms with Gasteiger partial charge in [-0.15, -0.1) is 0 Å². The molecule has 2 rings (SSSR count). The van der Waals surface area contributed by atoms with Crippen molar-refractivity contribution in [3.05, 3.63) is 29.2 Å². The van der Waals surface area contributed by atoms with Crippen molar-refractivity contribution in [3.8, 4) is 0 Å². The standard InChI is InChI=1S/C11H15ClN4/c1-15(2)8-4-6-16-9(3-5-13)11(12)14-10(16)7-8/h4,6-7H,3,5,13H2,1-2H3. The van der Waals surface area contributed by atoms with Gasteiger partial charge in [-0.2, -0.15) is 0 Å². The number of hydrogen-bond acceptors (Lipinski definition) is 3. The van der Waals surface area contributed by atoms with Crippen LogP contribution in [-0.4, -0.2) is 30.0 Å². The molecule has 5 heteroatoms. The van der Waals surface area contributed by atoms with E-state index >= 15 is 0 Å². The highest BCUT2D eigenvalue weighted by atomic mass is 35.5. The van der Waals surface area contributed by atoms with Gasteiger partial charge in [0.2, 0.25) is 0 Å². The molecule has 0 aromatic carbocycles. The summed E-state index contributed by atoms with van der Waals surface area (Å²) in [6.07, 6.45) is 2.72. The van der Waals surface area contributed by atoms with Crippen molar-refractivity contribution in [1.82, 2.24) is 9.38 Å². The molecule has 2 heterocycles. The van der Waals surface area contributed by atoms with Crippen LogP contribution in [0.1, 0.15) is 5.69 Å². The van der Waals surface area contributed by atoms with Crippen molar-refractivity contribution >= 4 is 22.9 Å². The molecule has 2 aromatic heterocycles. The van der Waals surface area contributed by atoms with Gasteiger partial charge in [-0.3, -0.25) is 0 Å². The van der Waals surface area contributed by atoms with Crippen molar-refractivity contribution in [2.45, 2.75) is 6.42 Å². The van der Waals surface area contributed by atoms with Crippen molar-refractivity contribution in [3.63, 3.8) is 0 Å². The van der Waals surface area contributed by atoms with Crippen molar-refractivity contribution < 1.29 is 0 Å². The molecule has 2 N–H and O–H groups in total. The second kappa shape index (κ2) is 4.31. The van der Waals surface area contributed by atoms with Gasteiger partial charge >= 0.3 is 0 Å². The lowest BCUT2D eigenvalue weighted by atomic mass is 10.3. The predicted octanol–water partition coefficient (Wildman–Crippen LogP) is 1.55. The van der Waals surface area contributed by atoms with Gasteiger partial charge in [0.15, 0.2) is 5.15 Å². The lowest BCUT2D eigenvalue weighted by Crippen LogP contribution is -2.09. The Morgan fingerprint density at radius 1 is 1.50 bits per heavy atom. The number of pyridine rings is 1. The van der Waals surface area contributed by atoms with Gasteiger partial charge in [0.25, 0.3) is 0 Å². The highest BCUT2D eigenvalue weighted by molar-refractivity contribution is 6.30. The molecule has 0 unspecified atom stereocenters. The van der Waals surface area contributed by atoms with Gasteiger partial charge in [0.05, 0.1) is 5.69 Å². The molecule has 0 amide bonds. The Morgan fingerprint density at radius 2 is 2.25 bits per heavy atom. The maximum atomic E-state index is 6.08. The summed E-state index contributed by atoms with van der Waals surface area (Å²) >= 11 is 6.08. The normalized spacial score (nSPS) is 11.0. The zero-order valence-electron chi connectivity index (χ0n) is 9.44. The van der Waals surface area contributed by atoms with E-state index in [1.807, 2.05) is 41.7 Å². The molecule has 4 nitrogen and oxygen atoms in total. The molecule has 16 heavy (non-hydrogen) atoms. The van der Waals surface area contributed by atoms with E-state index in [2.05, 4.69) is 4.98 Å². The van der Waals surface area contributed by atoms with Crippen LogP contribution in [0.2, 0.25) is 5.15 Å². The molecule has 0 bridgehead atoms. The first-order valence-corrected chi connectivity index (χ1v) is 5.55. The highest BCUT2D eigenvalue weighted by Gasteiger charge is 2.10. The molecule has 0 saturated heterocycles. The molecule has 0 spiro atoms. The second-order valence-corrected chi connectivity index (χ2v) is 4.25. The number of nitrogens with two attached hydrogens (primary N) is 1. The molecule has 0 radical (unpaired) electrons. The number of fused-ring (bicyclic) bond motifs is 1. The third-order valence-electron chi connectivity index (χ3n) is 2.56.